The van der Waals surface area contributed by atoms with Crippen LogP contribution in [-0.4, -0.2) is 19.9 Å². The minimum atomic E-state index is -0.219. The van der Waals surface area contributed by atoms with Crippen LogP contribution in [0.4, 0.5) is 0 Å². The second-order valence-corrected chi connectivity index (χ2v) is 7.01. The average molecular weight is 428 g/mol. The number of fused-ring (bicyclic) bond motifs is 1. The second kappa shape index (κ2) is 6.63. The third kappa shape index (κ3) is 3.02. The lowest BCUT2D eigenvalue weighted by atomic mass is 10.0. The van der Waals surface area contributed by atoms with Crippen LogP contribution in [0.25, 0.3) is 33.7 Å². The molecule has 0 amide bonds. The van der Waals surface area contributed by atoms with E-state index < -0.39 is 0 Å². The largest absolute Gasteiger partial charge is 0.343 e. The first-order valence-electron chi connectivity index (χ1n) is 7.82. The standard InChI is InChI=1S/C19H12BrClN4O/c1-10-7-12(8-14(21)23-10)16-15(11-5-3-2-4-6-11)25-19-17(24-16)18(26)13(20)9-22-19/h2-9H,1H3,(H,22,25,26). The first-order valence-corrected chi connectivity index (χ1v) is 8.99. The number of benzene rings is 1. The molecular formula is C19H12BrClN4O. The number of hydrogen-bond donors (Lipinski definition) is 1. The molecule has 0 aliphatic rings. The number of nitrogens with one attached hydrogen (secondary N) is 1. The average Bonchev–Trinajstić information content (AvgIpc) is 2.64. The maximum atomic E-state index is 12.5. The molecule has 3 aromatic heterocycles. The molecule has 4 aromatic rings. The SMILES string of the molecule is Cc1cc(-c2nc3c(=O)c(Br)c[nH]c3nc2-c2ccccc2)cc(Cl)n1. The number of rotatable bonds is 2. The van der Waals surface area contributed by atoms with Crippen LogP contribution in [0.15, 0.2) is 57.9 Å². The van der Waals surface area contributed by atoms with Crippen molar-refractivity contribution in [1.29, 1.82) is 0 Å². The number of hydrogen-bond acceptors (Lipinski definition) is 4. The van der Waals surface area contributed by atoms with Crippen molar-refractivity contribution in [3.8, 4) is 22.5 Å². The summed E-state index contributed by atoms with van der Waals surface area (Å²) in [4.78, 5) is 29.0. The third-order valence-electron chi connectivity index (χ3n) is 3.91. The number of aryl methyl sites for hydroxylation is 1. The Kier molecular flexibility index (Phi) is 4.30. The molecule has 0 unspecified atom stereocenters. The summed E-state index contributed by atoms with van der Waals surface area (Å²) in [6, 6.07) is 13.3. The van der Waals surface area contributed by atoms with Gasteiger partial charge in [-0.2, -0.15) is 0 Å². The van der Waals surface area contributed by atoms with E-state index in [4.69, 9.17) is 11.6 Å². The van der Waals surface area contributed by atoms with Gasteiger partial charge in [-0.05, 0) is 35.0 Å². The first-order chi connectivity index (χ1) is 12.5. The molecule has 1 aromatic carbocycles. The van der Waals surface area contributed by atoms with Crippen LogP contribution >= 0.6 is 27.5 Å². The Hall–Kier alpha value is -2.57. The van der Waals surface area contributed by atoms with Gasteiger partial charge in [0.1, 0.15) is 5.15 Å². The number of halogens is 2. The molecule has 0 aliphatic carbocycles. The van der Waals surface area contributed by atoms with Gasteiger partial charge >= 0.3 is 0 Å². The van der Waals surface area contributed by atoms with E-state index in [1.54, 1.807) is 12.3 Å². The fourth-order valence-electron chi connectivity index (χ4n) is 2.77. The highest BCUT2D eigenvalue weighted by Gasteiger charge is 2.16. The molecule has 0 spiro atoms. The molecule has 1 N–H and O–H groups in total. The Morgan fingerprint density at radius 2 is 1.73 bits per heavy atom. The van der Waals surface area contributed by atoms with Crippen LogP contribution in [0, 0.1) is 6.92 Å². The first kappa shape index (κ1) is 16.9. The maximum Gasteiger partial charge on any atom is 0.223 e. The normalized spacial score (nSPS) is 11.0. The monoisotopic (exact) mass is 426 g/mol. The molecule has 5 nitrogen and oxygen atoms in total. The topological polar surface area (TPSA) is 71.5 Å². The van der Waals surface area contributed by atoms with E-state index in [0.717, 1.165) is 16.8 Å². The summed E-state index contributed by atoms with van der Waals surface area (Å²) < 4.78 is 0.404. The van der Waals surface area contributed by atoms with Crippen LogP contribution in [-0.2, 0) is 0 Å². The fourth-order valence-corrected chi connectivity index (χ4v) is 3.32. The van der Waals surface area contributed by atoms with Crippen molar-refractivity contribution in [3.05, 3.63) is 74.2 Å². The van der Waals surface area contributed by atoms with Gasteiger partial charge in [-0.25, -0.2) is 15.0 Å². The van der Waals surface area contributed by atoms with Crippen molar-refractivity contribution >= 4 is 38.7 Å². The summed E-state index contributed by atoms with van der Waals surface area (Å²) in [6.45, 7) is 1.86. The molecule has 0 saturated heterocycles. The molecule has 0 atom stereocenters. The van der Waals surface area contributed by atoms with Crippen LogP contribution < -0.4 is 5.43 Å². The molecular weight excluding hydrogens is 416 g/mol. The van der Waals surface area contributed by atoms with Crippen molar-refractivity contribution in [1.82, 2.24) is 19.9 Å². The summed E-state index contributed by atoms with van der Waals surface area (Å²) in [5.74, 6) is 0. The van der Waals surface area contributed by atoms with E-state index in [0.29, 0.717) is 26.7 Å². The molecule has 0 aliphatic heterocycles. The van der Waals surface area contributed by atoms with Gasteiger partial charge in [0.2, 0.25) is 5.43 Å². The Balaban J connectivity index is 2.11. The van der Waals surface area contributed by atoms with E-state index >= 15 is 0 Å². The summed E-state index contributed by atoms with van der Waals surface area (Å²) in [5, 5.41) is 0.365. The summed E-state index contributed by atoms with van der Waals surface area (Å²) >= 11 is 9.38. The predicted octanol–water partition coefficient (Wildman–Crippen LogP) is 4.77. The van der Waals surface area contributed by atoms with Crippen molar-refractivity contribution < 1.29 is 0 Å². The van der Waals surface area contributed by atoms with E-state index in [2.05, 4.69) is 35.9 Å². The molecule has 0 fully saturated rings. The van der Waals surface area contributed by atoms with Gasteiger partial charge in [0.05, 0.1) is 15.9 Å². The van der Waals surface area contributed by atoms with E-state index in [1.165, 1.54) is 0 Å². The molecule has 0 saturated carbocycles. The zero-order valence-electron chi connectivity index (χ0n) is 13.6. The second-order valence-electron chi connectivity index (χ2n) is 5.77. The molecule has 26 heavy (non-hydrogen) atoms. The lowest BCUT2D eigenvalue weighted by molar-refractivity contribution is 1.18. The minimum absolute atomic E-state index is 0.219. The van der Waals surface area contributed by atoms with Crippen molar-refractivity contribution in [2.45, 2.75) is 6.92 Å². The highest BCUT2D eigenvalue weighted by atomic mass is 79.9. The van der Waals surface area contributed by atoms with Gasteiger partial charge in [-0.15, -0.1) is 0 Å². The highest BCUT2D eigenvalue weighted by molar-refractivity contribution is 9.10. The van der Waals surface area contributed by atoms with E-state index in [1.807, 2.05) is 43.3 Å². The van der Waals surface area contributed by atoms with Gasteiger partial charge in [0.15, 0.2) is 11.2 Å². The quantitative estimate of drug-likeness (QED) is 0.468. The lowest BCUT2D eigenvalue weighted by Crippen LogP contribution is -2.09. The van der Waals surface area contributed by atoms with Gasteiger partial charge in [-0.3, -0.25) is 4.79 Å². The summed E-state index contributed by atoms with van der Waals surface area (Å²) in [5.41, 5.74) is 4.14. The van der Waals surface area contributed by atoms with Crippen molar-refractivity contribution in [2.75, 3.05) is 0 Å². The van der Waals surface area contributed by atoms with Crippen LogP contribution in [0.5, 0.6) is 0 Å². The number of aromatic nitrogens is 4. The number of H-pyrrole nitrogens is 1. The Bertz CT molecular complexity index is 1170. The zero-order valence-corrected chi connectivity index (χ0v) is 16.0. The third-order valence-corrected chi connectivity index (χ3v) is 4.69. The summed E-state index contributed by atoms with van der Waals surface area (Å²) in [6.07, 6.45) is 1.57. The molecule has 7 heteroatoms. The van der Waals surface area contributed by atoms with E-state index in [9.17, 15) is 4.79 Å². The number of pyridine rings is 2. The fraction of sp³-hybridized carbons (Fsp3) is 0.0526. The smallest absolute Gasteiger partial charge is 0.223 e. The molecule has 3 heterocycles. The lowest BCUT2D eigenvalue weighted by Gasteiger charge is -2.11. The van der Waals surface area contributed by atoms with Gasteiger partial charge < -0.3 is 4.98 Å². The molecule has 0 bridgehead atoms. The maximum absolute atomic E-state index is 12.5. The predicted molar refractivity (Wildman–Crippen MR) is 106 cm³/mol. The Morgan fingerprint density at radius 1 is 1.00 bits per heavy atom. The minimum Gasteiger partial charge on any atom is -0.343 e. The number of aromatic amines is 1. The van der Waals surface area contributed by atoms with Crippen LogP contribution in [0.2, 0.25) is 5.15 Å². The molecule has 0 radical (unpaired) electrons. The van der Waals surface area contributed by atoms with E-state index in [-0.39, 0.29) is 10.9 Å². The zero-order chi connectivity index (χ0) is 18.3. The van der Waals surface area contributed by atoms with Crippen molar-refractivity contribution in [2.24, 2.45) is 0 Å². The van der Waals surface area contributed by atoms with Crippen LogP contribution in [0.1, 0.15) is 5.69 Å². The number of nitrogens with zero attached hydrogens (tertiary/aromatic N) is 3. The van der Waals surface area contributed by atoms with Crippen molar-refractivity contribution in [3.63, 3.8) is 0 Å². The van der Waals surface area contributed by atoms with Gasteiger partial charge in [-0.1, -0.05) is 41.9 Å². The summed E-state index contributed by atoms with van der Waals surface area (Å²) in [7, 11) is 0. The molecule has 128 valence electrons. The van der Waals surface area contributed by atoms with Gasteiger partial charge in [0.25, 0.3) is 0 Å². The Labute approximate surface area is 162 Å². The van der Waals surface area contributed by atoms with Gasteiger partial charge in [0, 0.05) is 23.0 Å². The highest BCUT2D eigenvalue weighted by Crippen LogP contribution is 2.31. The van der Waals surface area contributed by atoms with Crippen LogP contribution in [0.3, 0.4) is 0 Å². The molecule has 4 rings (SSSR count). The Morgan fingerprint density at radius 3 is 2.46 bits per heavy atom.